The summed E-state index contributed by atoms with van der Waals surface area (Å²) in [5, 5.41) is 0. The van der Waals surface area contributed by atoms with Gasteiger partial charge in [0.05, 0.1) is 6.54 Å². The highest BCUT2D eigenvalue weighted by atomic mass is 16.6. The molecule has 0 aromatic heterocycles. The second-order valence-corrected chi connectivity index (χ2v) is 8.22. The van der Waals surface area contributed by atoms with Gasteiger partial charge in [-0.3, -0.25) is 9.89 Å². The lowest BCUT2D eigenvalue weighted by Crippen LogP contribution is -2.50. The van der Waals surface area contributed by atoms with Gasteiger partial charge in [0.15, 0.2) is 5.96 Å². The van der Waals surface area contributed by atoms with Crippen molar-refractivity contribution in [1.29, 1.82) is 0 Å². The van der Waals surface area contributed by atoms with E-state index in [1.807, 2.05) is 20.8 Å². The van der Waals surface area contributed by atoms with E-state index < -0.39 is 5.60 Å². The van der Waals surface area contributed by atoms with Gasteiger partial charge in [-0.15, -0.1) is 0 Å². The van der Waals surface area contributed by atoms with Crippen molar-refractivity contribution in [1.82, 2.24) is 14.7 Å². The molecule has 25 heavy (non-hydrogen) atoms. The third kappa shape index (κ3) is 6.72. The number of carbonyl (C=O) groups is 1. The summed E-state index contributed by atoms with van der Waals surface area (Å²) in [6.45, 7) is 14.7. The van der Waals surface area contributed by atoms with Crippen LogP contribution in [0.25, 0.3) is 0 Å². The van der Waals surface area contributed by atoms with Crippen LogP contribution in [0.3, 0.4) is 0 Å². The Labute approximate surface area is 152 Å². The highest BCUT2D eigenvalue weighted by Crippen LogP contribution is 2.15. The molecule has 2 heterocycles. The predicted octanol–water partition coefficient (Wildman–Crippen LogP) is 1.59. The summed E-state index contributed by atoms with van der Waals surface area (Å²) in [7, 11) is 0. The molecule has 2 rings (SSSR count). The average molecular weight is 354 g/mol. The molecule has 7 nitrogen and oxygen atoms in total. The molecule has 0 bridgehead atoms. The Morgan fingerprint density at radius 2 is 1.68 bits per heavy atom. The van der Waals surface area contributed by atoms with E-state index in [-0.39, 0.29) is 6.09 Å². The molecule has 144 valence electrons. The summed E-state index contributed by atoms with van der Waals surface area (Å²) in [6.07, 6.45) is 2.18. The first-order valence-corrected chi connectivity index (χ1v) is 9.50. The molecular formula is C18H35N5O2. The van der Waals surface area contributed by atoms with E-state index in [4.69, 9.17) is 10.5 Å². The molecular weight excluding hydrogens is 318 g/mol. The number of hydrogen-bond acceptors (Lipinski definition) is 4. The molecule has 1 amide bonds. The number of carbonyl (C=O) groups excluding carboxylic acids is 1. The number of nitrogens with two attached hydrogens (primary N) is 1. The molecule has 0 radical (unpaired) electrons. The van der Waals surface area contributed by atoms with Crippen LogP contribution in [0, 0.1) is 5.92 Å². The zero-order valence-electron chi connectivity index (χ0n) is 16.3. The summed E-state index contributed by atoms with van der Waals surface area (Å²) in [6, 6.07) is 0. The molecule has 0 atom stereocenters. The first kappa shape index (κ1) is 19.8. The quantitative estimate of drug-likeness (QED) is 0.616. The fourth-order valence-corrected chi connectivity index (χ4v) is 3.12. The van der Waals surface area contributed by atoms with Crippen molar-refractivity contribution in [3.05, 3.63) is 0 Å². The number of rotatable bonds is 3. The van der Waals surface area contributed by atoms with Crippen molar-refractivity contribution >= 4 is 12.1 Å². The van der Waals surface area contributed by atoms with E-state index in [9.17, 15) is 4.79 Å². The molecule has 2 N–H and O–H groups in total. The Kier molecular flexibility index (Phi) is 6.93. The standard InChI is InChI=1S/C18H35N5O2/c1-15-5-8-22(9-6-15)16(19)20-7-10-21-11-13-23(14-12-21)17(24)25-18(2,3)4/h15H,5-14H2,1-4H3,(H2,19,20). The van der Waals surface area contributed by atoms with Gasteiger partial charge in [0.25, 0.3) is 0 Å². The number of piperidine rings is 1. The van der Waals surface area contributed by atoms with E-state index >= 15 is 0 Å². The van der Waals surface area contributed by atoms with Crippen LogP contribution in [0.1, 0.15) is 40.5 Å². The lowest BCUT2D eigenvalue weighted by atomic mass is 10.00. The van der Waals surface area contributed by atoms with Crippen LogP contribution >= 0.6 is 0 Å². The summed E-state index contributed by atoms with van der Waals surface area (Å²) in [5.41, 5.74) is 5.68. The number of ether oxygens (including phenoxy) is 1. The fourth-order valence-electron chi connectivity index (χ4n) is 3.12. The van der Waals surface area contributed by atoms with E-state index in [2.05, 4.69) is 21.7 Å². The first-order chi connectivity index (χ1) is 11.7. The lowest BCUT2D eigenvalue weighted by Gasteiger charge is -2.35. The summed E-state index contributed by atoms with van der Waals surface area (Å²) >= 11 is 0. The Hall–Kier alpha value is -1.50. The van der Waals surface area contributed by atoms with Crippen LogP contribution in [0.2, 0.25) is 0 Å². The van der Waals surface area contributed by atoms with Crippen molar-refractivity contribution < 1.29 is 9.53 Å². The van der Waals surface area contributed by atoms with E-state index in [1.165, 1.54) is 12.8 Å². The maximum atomic E-state index is 12.1. The van der Waals surface area contributed by atoms with Gasteiger partial charge in [0, 0.05) is 45.8 Å². The molecule has 2 aliphatic heterocycles. The van der Waals surface area contributed by atoms with Crippen LogP contribution in [-0.2, 0) is 4.74 Å². The van der Waals surface area contributed by atoms with Crippen LogP contribution < -0.4 is 5.73 Å². The highest BCUT2D eigenvalue weighted by molar-refractivity contribution is 5.78. The Morgan fingerprint density at radius 3 is 2.24 bits per heavy atom. The molecule has 0 aliphatic carbocycles. The van der Waals surface area contributed by atoms with Gasteiger partial charge in [-0.05, 0) is 39.5 Å². The van der Waals surface area contributed by atoms with E-state index in [1.54, 1.807) is 4.90 Å². The van der Waals surface area contributed by atoms with E-state index in [0.717, 1.165) is 38.6 Å². The van der Waals surface area contributed by atoms with Gasteiger partial charge >= 0.3 is 6.09 Å². The van der Waals surface area contributed by atoms with Gasteiger partial charge in [0.2, 0.25) is 0 Å². The minimum absolute atomic E-state index is 0.214. The summed E-state index contributed by atoms with van der Waals surface area (Å²) < 4.78 is 5.42. The third-order valence-electron chi connectivity index (χ3n) is 4.82. The number of hydrogen-bond donors (Lipinski definition) is 1. The zero-order valence-corrected chi connectivity index (χ0v) is 16.3. The molecule has 0 unspecified atom stereocenters. The smallest absolute Gasteiger partial charge is 0.410 e. The molecule has 0 aromatic rings. The van der Waals surface area contributed by atoms with Crippen molar-refractivity contribution in [2.45, 2.75) is 46.1 Å². The van der Waals surface area contributed by atoms with Gasteiger partial charge < -0.3 is 20.3 Å². The second-order valence-electron chi connectivity index (χ2n) is 8.22. The minimum atomic E-state index is -0.438. The summed E-state index contributed by atoms with van der Waals surface area (Å²) in [4.78, 5) is 22.9. The third-order valence-corrected chi connectivity index (χ3v) is 4.82. The molecule has 2 fully saturated rings. The number of guanidine groups is 1. The second kappa shape index (κ2) is 8.74. The van der Waals surface area contributed by atoms with Crippen LogP contribution in [-0.4, -0.2) is 84.7 Å². The number of piperazine rings is 1. The Bertz CT molecular complexity index is 459. The Balaban J connectivity index is 1.66. The number of likely N-dealkylation sites (tertiary alicyclic amines) is 1. The lowest BCUT2D eigenvalue weighted by molar-refractivity contribution is 0.0148. The number of nitrogens with zero attached hydrogens (tertiary/aromatic N) is 4. The normalized spacial score (nSPS) is 21.5. The maximum Gasteiger partial charge on any atom is 0.410 e. The first-order valence-electron chi connectivity index (χ1n) is 9.50. The maximum absolute atomic E-state index is 12.1. The molecule has 2 aliphatic rings. The largest absolute Gasteiger partial charge is 0.444 e. The van der Waals surface area contributed by atoms with Gasteiger partial charge in [-0.2, -0.15) is 0 Å². The topological polar surface area (TPSA) is 74.4 Å². The fraction of sp³-hybridized carbons (Fsp3) is 0.889. The molecule has 0 aromatic carbocycles. The highest BCUT2D eigenvalue weighted by Gasteiger charge is 2.25. The number of aliphatic imine (C=N–C) groups is 1. The monoisotopic (exact) mass is 353 g/mol. The molecule has 2 saturated heterocycles. The van der Waals surface area contributed by atoms with Crippen LogP contribution in [0.5, 0.6) is 0 Å². The Morgan fingerprint density at radius 1 is 1.08 bits per heavy atom. The SMILES string of the molecule is CC1CCN(C(N)=NCCN2CCN(C(=O)OC(C)(C)C)CC2)CC1. The van der Waals surface area contributed by atoms with Crippen LogP contribution in [0.4, 0.5) is 4.79 Å². The van der Waals surface area contributed by atoms with Crippen molar-refractivity contribution in [3.8, 4) is 0 Å². The minimum Gasteiger partial charge on any atom is -0.444 e. The van der Waals surface area contributed by atoms with Gasteiger partial charge in [-0.25, -0.2) is 4.79 Å². The number of amides is 1. The van der Waals surface area contributed by atoms with Crippen LogP contribution in [0.15, 0.2) is 4.99 Å². The van der Waals surface area contributed by atoms with Gasteiger partial charge in [0.1, 0.15) is 5.60 Å². The zero-order chi connectivity index (χ0) is 18.4. The molecule has 0 spiro atoms. The average Bonchev–Trinajstić information content (AvgIpc) is 2.54. The van der Waals surface area contributed by atoms with Crippen molar-refractivity contribution in [2.75, 3.05) is 52.4 Å². The van der Waals surface area contributed by atoms with E-state index in [0.29, 0.717) is 25.6 Å². The summed E-state index contributed by atoms with van der Waals surface area (Å²) in [5.74, 6) is 1.48. The molecule has 0 saturated carbocycles. The molecule has 7 heteroatoms. The van der Waals surface area contributed by atoms with Gasteiger partial charge in [-0.1, -0.05) is 6.92 Å². The predicted molar refractivity (Wildman–Crippen MR) is 101 cm³/mol. The van der Waals surface area contributed by atoms with Crippen molar-refractivity contribution in [3.63, 3.8) is 0 Å². The van der Waals surface area contributed by atoms with Crippen molar-refractivity contribution in [2.24, 2.45) is 16.6 Å².